The molecule has 0 spiro atoms. The molecule has 0 unspecified atom stereocenters. The zero-order chi connectivity index (χ0) is 15.1. The second-order valence-corrected chi connectivity index (χ2v) is 5.87. The Hall–Kier alpha value is -2.14. The van der Waals surface area contributed by atoms with Crippen LogP contribution in [0.3, 0.4) is 0 Å². The fourth-order valence-corrected chi connectivity index (χ4v) is 2.80. The second-order valence-electron chi connectivity index (χ2n) is 4.13. The summed E-state index contributed by atoms with van der Waals surface area (Å²) in [6.07, 6.45) is 3.48. The van der Waals surface area contributed by atoms with Crippen LogP contribution in [0.4, 0.5) is 0 Å². The highest BCUT2D eigenvalue weighted by Gasteiger charge is 2.17. The lowest BCUT2D eigenvalue weighted by atomic mass is 10.2. The number of aliphatic hydroxyl groups is 1. The first kappa shape index (κ1) is 15.3. The monoisotopic (exact) mass is 305 g/mol. The van der Waals surface area contributed by atoms with Gasteiger partial charge in [-0.25, -0.2) is 18.1 Å². The summed E-state index contributed by atoms with van der Waals surface area (Å²) in [6, 6.07) is 6.48. The van der Waals surface area contributed by atoms with Gasteiger partial charge >= 0.3 is 0 Å². The number of aromatic nitrogens is 2. The first-order chi connectivity index (χ1) is 10.1. The number of benzene rings is 1. The molecule has 0 saturated heterocycles. The van der Waals surface area contributed by atoms with E-state index in [9.17, 15) is 8.42 Å². The lowest BCUT2D eigenvalue weighted by Gasteiger charge is -2.07. The quantitative estimate of drug-likeness (QED) is 0.706. The molecule has 0 fully saturated rings. The summed E-state index contributed by atoms with van der Waals surface area (Å²) in [5.74, 6) is 6.01. The summed E-state index contributed by atoms with van der Waals surface area (Å²) < 4.78 is 27.1. The minimum absolute atomic E-state index is 0.0569. The molecule has 0 aliphatic carbocycles. The van der Waals surface area contributed by atoms with E-state index in [0.717, 1.165) is 0 Å². The highest BCUT2D eigenvalue weighted by atomic mass is 32.2. The van der Waals surface area contributed by atoms with Gasteiger partial charge in [-0.2, -0.15) is 0 Å². The molecular formula is C14H15N3O3S. The van der Waals surface area contributed by atoms with Crippen LogP contribution in [0.1, 0.15) is 17.8 Å². The highest BCUT2D eigenvalue weighted by molar-refractivity contribution is 7.89. The Bertz CT molecular complexity index is 743. The number of hydrogen-bond donors (Lipinski definition) is 3. The molecule has 2 rings (SSSR count). The number of sulfonamides is 1. The molecule has 0 radical (unpaired) electrons. The van der Waals surface area contributed by atoms with Crippen molar-refractivity contribution in [3.8, 4) is 11.8 Å². The molecule has 0 aliphatic heterocycles. The number of nitrogens with one attached hydrogen (secondary N) is 2. The van der Waals surface area contributed by atoms with Gasteiger partial charge in [0.1, 0.15) is 5.82 Å². The van der Waals surface area contributed by atoms with Crippen molar-refractivity contribution in [2.75, 3.05) is 6.61 Å². The lowest BCUT2D eigenvalue weighted by molar-refractivity contribution is 0.305. The Morgan fingerprint density at radius 2 is 2.14 bits per heavy atom. The third kappa shape index (κ3) is 4.16. The average Bonchev–Trinajstić information content (AvgIpc) is 2.99. The van der Waals surface area contributed by atoms with Crippen LogP contribution in [-0.2, 0) is 16.6 Å². The Morgan fingerprint density at radius 1 is 1.33 bits per heavy atom. The van der Waals surface area contributed by atoms with E-state index in [-0.39, 0.29) is 18.0 Å². The zero-order valence-electron chi connectivity index (χ0n) is 11.2. The first-order valence-electron chi connectivity index (χ1n) is 6.30. The molecule has 1 aromatic heterocycles. The fourth-order valence-electron chi connectivity index (χ4n) is 1.65. The van der Waals surface area contributed by atoms with Crippen LogP contribution in [0.2, 0.25) is 0 Å². The maximum Gasteiger partial charge on any atom is 0.242 e. The van der Waals surface area contributed by atoms with Gasteiger partial charge in [0.25, 0.3) is 0 Å². The van der Waals surface area contributed by atoms with Gasteiger partial charge < -0.3 is 10.1 Å². The summed E-state index contributed by atoms with van der Waals surface area (Å²) in [7, 11) is -3.68. The van der Waals surface area contributed by atoms with Crippen molar-refractivity contribution < 1.29 is 13.5 Å². The first-order valence-corrected chi connectivity index (χ1v) is 7.78. The van der Waals surface area contributed by atoms with Gasteiger partial charge in [0, 0.05) is 24.4 Å². The topological polar surface area (TPSA) is 95.1 Å². The van der Waals surface area contributed by atoms with Crippen LogP contribution in [0, 0.1) is 11.8 Å². The minimum Gasteiger partial charge on any atom is -0.395 e. The van der Waals surface area contributed by atoms with Gasteiger partial charge in [-0.05, 0) is 12.1 Å². The van der Waals surface area contributed by atoms with Crippen LogP contribution in [0.15, 0.2) is 41.6 Å². The van der Waals surface area contributed by atoms with Crippen molar-refractivity contribution in [2.24, 2.45) is 0 Å². The summed E-state index contributed by atoms with van der Waals surface area (Å²) in [4.78, 5) is 6.89. The summed E-state index contributed by atoms with van der Waals surface area (Å²) in [5, 5.41) is 8.72. The molecule has 0 atom stereocenters. The van der Waals surface area contributed by atoms with Crippen molar-refractivity contribution in [3.63, 3.8) is 0 Å². The molecule has 0 saturated carbocycles. The van der Waals surface area contributed by atoms with E-state index >= 15 is 0 Å². The van der Waals surface area contributed by atoms with Crippen molar-refractivity contribution in [3.05, 3.63) is 48.0 Å². The van der Waals surface area contributed by atoms with Gasteiger partial charge in [0.05, 0.1) is 18.0 Å². The average molecular weight is 305 g/mol. The summed E-state index contributed by atoms with van der Waals surface area (Å²) >= 11 is 0. The molecule has 0 aliphatic rings. The van der Waals surface area contributed by atoms with Crippen LogP contribution in [0.25, 0.3) is 0 Å². The van der Waals surface area contributed by atoms with Gasteiger partial charge in [0.2, 0.25) is 10.0 Å². The van der Waals surface area contributed by atoms with Gasteiger partial charge in [0.15, 0.2) is 0 Å². The normalized spacial score (nSPS) is 10.9. The van der Waals surface area contributed by atoms with E-state index in [1.807, 2.05) is 0 Å². The third-order valence-corrected chi connectivity index (χ3v) is 4.08. The Balaban J connectivity index is 2.21. The van der Waals surface area contributed by atoms with Gasteiger partial charge in [-0.3, -0.25) is 0 Å². The molecule has 110 valence electrons. The maximum atomic E-state index is 12.3. The molecule has 1 heterocycles. The van der Waals surface area contributed by atoms with Crippen LogP contribution in [-0.4, -0.2) is 30.1 Å². The number of aliphatic hydroxyl groups excluding tert-OH is 1. The van der Waals surface area contributed by atoms with Crippen molar-refractivity contribution in [2.45, 2.75) is 17.9 Å². The Kier molecular flexibility index (Phi) is 5.11. The van der Waals surface area contributed by atoms with E-state index in [0.29, 0.717) is 17.8 Å². The van der Waals surface area contributed by atoms with Gasteiger partial charge in [-0.15, -0.1) is 0 Å². The Morgan fingerprint density at radius 3 is 2.86 bits per heavy atom. The molecule has 0 bridgehead atoms. The van der Waals surface area contributed by atoms with E-state index in [1.165, 1.54) is 6.07 Å². The highest BCUT2D eigenvalue weighted by Crippen LogP contribution is 2.14. The zero-order valence-corrected chi connectivity index (χ0v) is 12.0. The van der Waals surface area contributed by atoms with Crippen LogP contribution in [0.5, 0.6) is 0 Å². The second kappa shape index (κ2) is 7.04. The molecule has 7 heteroatoms. The number of nitrogens with zero attached hydrogens (tertiary/aromatic N) is 1. The molecule has 0 amide bonds. The van der Waals surface area contributed by atoms with Crippen LogP contribution < -0.4 is 4.72 Å². The SMILES string of the molecule is O=S(=O)(NCc1ncc[nH]1)c1ccccc1C#CCCO. The minimum atomic E-state index is -3.68. The van der Waals surface area contributed by atoms with Crippen molar-refractivity contribution in [1.82, 2.24) is 14.7 Å². The number of hydrogen-bond acceptors (Lipinski definition) is 4. The van der Waals surface area contributed by atoms with E-state index < -0.39 is 10.0 Å². The number of aromatic amines is 1. The molecule has 6 nitrogen and oxygen atoms in total. The summed E-state index contributed by atoms with van der Waals surface area (Å²) in [6.45, 7) is 0.0202. The van der Waals surface area contributed by atoms with E-state index in [2.05, 4.69) is 26.5 Å². The van der Waals surface area contributed by atoms with Crippen molar-refractivity contribution >= 4 is 10.0 Å². The maximum absolute atomic E-state index is 12.3. The van der Waals surface area contributed by atoms with E-state index in [4.69, 9.17) is 5.11 Å². The van der Waals surface area contributed by atoms with Crippen molar-refractivity contribution in [1.29, 1.82) is 0 Å². The Labute approximate surface area is 123 Å². The molecule has 21 heavy (non-hydrogen) atoms. The lowest BCUT2D eigenvalue weighted by Crippen LogP contribution is -2.24. The van der Waals surface area contributed by atoms with Crippen LogP contribution >= 0.6 is 0 Å². The fraction of sp³-hybridized carbons (Fsp3) is 0.214. The number of rotatable bonds is 5. The smallest absolute Gasteiger partial charge is 0.242 e. The predicted molar refractivity (Wildman–Crippen MR) is 77.6 cm³/mol. The third-order valence-electron chi connectivity index (χ3n) is 2.62. The largest absolute Gasteiger partial charge is 0.395 e. The molecule has 1 aromatic carbocycles. The van der Waals surface area contributed by atoms with E-state index in [1.54, 1.807) is 30.6 Å². The molecule has 3 N–H and O–H groups in total. The summed E-state index contributed by atoms with van der Waals surface area (Å²) in [5.41, 5.74) is 0.401. The van der Waals surface area contributed by atoms with Gasteiger partial charge in [-0.1, -0.05) is 24.0 Å². The molecular weight excluding hydrogens is 290 g/mol. The predicted octanol–water partition coefficient (Wildman–Crippen LogP) is 0.622. The number of imidazole rings is 1. The molecule has 2 aromatic rings. The number of H-pyrrole nitrogens is 1. The standard InChI is InChI=1S/C14H15N3O3S/c18-10-4-3-6-12-5-1-2-7-13(12)21(19,20)17-11-14-15-8-9-16-14/h1-2,5,7-9,17-18H,4,10-11H2,(H,15,16).